The molecule has 110 valence electrons. The summed E-state index contributed by atoms with van der Waals surface area (Å²) in [6.45, 7) is 0. The van der Waals surface area contributed by atoms with Gasteiger partial charge in [-0.15, -0.1) is 0 Å². The topological polar surface area (TPSA) is 17.1 Å². The SMILES string of the molecule is O=C1/C(=C\c2cccc(F)c2)C2CCCC3CCCC1C32. The van der Waals surface area contributed by atoms with Gasteiger partial charge in [-0.25, -0.2) is 4.39 Å². The lowest BCUT2D eigenvalue weighted by atomic mass is 9.64. The van der Waals surface area contributed by atoms with Crippen LogP contribution in [0.5, 0.6) is 0 Å². The lowest BCUT2D eigenvalue weighted by Gasteiger charge is -2.39. The third-order valence-electron chi connectivity index (χ3n) is 5.85. The van der Waals surface area contributed by atoms with Gasteiger partial charge in [-0.2, -0.15) is 0 Å². The third-order valence-corrected chi connectivity index (χ3v) is 5.85. The largest absolute Gasteiger partial charge is 0.294 e. The first-order chi connectivity index (χ1) is 10.2. The van der Waals surface area contributed by atoms with Crippen molar-refractivity contribution in [2.75, 3.05) is 0 Å². The van der Waals surface area contributed by atoms with Crippen molar-refractivity contribution >= 4 is 11.9 Å². The van der Waals surface area contributed by atoms with Crippen molar-refractivity contribution in [3.8, 4) is 0 Å². The number of Topliss-reactive ketones (excluding diaryl/α,β-unsaturated/α-hetero) is 1. The Morgan fingerprint density at radius 2 is 1.81 bits per heavy atom. The molecule has 0 radical (unpaired) electrons. The van der Waals surface area contributed by atoms with Gasteiger partial charge in [0.05, 0.1) is 0 Å². The molecule has 0 saturated heterocycles. The van der Waals surface area contributed by atoms with Gasteiger partial charge in [-0.3, -0.25) is 4.79 Å². The minimum atomic E-state index is -0.228. The fourth-order valence-corrected chi connectivity index (χ4v) is 5.07. The van der Waals surface area contributed by atoms with Crippen LogP contribution in [0, 0.1) is 29.5 Å². The molecule has 1 aromatic carbocycles. The van der Waals surface area contributed by atoms with Crippen LogP contribution in [0.25, 0.3) is 6.08 Å². The number of hydrogen-bond acceptors (Lipinski definition) is 1. The molecule has 0 amide bonds. The number of benzene rings is 1. The highest BCUT2D eigenvalue weighted by Crippen LogP contribution is 2.55. The van der Waals surface area contributed by atoms with Crippen molar-refractivity contribution in [2.45, 2.75) is 38.5 Å². The molecule has 0 aromatic heterocycles. The molecule has 0 aliphatic heterocycles. The summed E-state index contributed by atoms with van der Waals surface area (Å²) in [5, 5.41) is 0. The maximum atomic E-state index is 13.4. The quantitative estimate of drug-likeness (QED) is 0.687. The molecular weight excluding hydrogens is 263 g/mol. The maximum absolute atomic E-state index is 13.4. The molecule has 3 aliphatic rings. The molecule has 4 rings (SSSR count). The van der Waals surface area contributed by atoms with E-state index in [0.29, 0.717) is 17.6 Å². The predicted octanol–water partition coefficient (Wildman–Crippen LogP) is 4.62. The van der Waals surface area contributed by atoms with Crippen LogP contribution >= 0.6 is 0 Å². The highest BCUT2D eigenvalue weighted by atomic mass is 19.1. The first-order valence-electron chi connectivity index (χ1n) is 8.25. The second-order valence-corrected chi connectivity index (χ2v) is 6.93. The fraction of sp³-hybridized carbons (Fsp3) is 0.526. The highest BCUT2D eigenvalue weighted by molar-refractivity contribution is 6.04. The van der Waals surface area contributed by atoms with Crippen LogP contribution in [-0.2, 0) is 4.79 Å². The van der Waals surface area contributed by atoms with E-state index in [1.807, 2.05) is 12.1 Å². The van der Waals surface area contributed by atoms with Crippen molar-refractivity contribution in [1.29, 1.82) is 0 Å². The van der Waals surface area contributed by atoms with Gasteiger partial charge < -0.3 is 0 Å². The molecular formula is C19H21FO. The van der Waals surface area contributed by atoms with E-state index in [4.69, 9.17) is 0 Å². The van der Waals surface area contributed by atoms with Gasteiger partial charge in [-0.1, -0.05) is 37.8 Å². The van der Waals surface area contributed by atoms with Gasteiger partial charge in [0, 0.05) is 5.92 Å². The lowest BCUT2D eigenvalue weighted by Crippen LogP contribution is -2.33. The van der Waals surface area contributed by atoms with E-state index in [9.17, 15) is 9.18 Å². The molecule has 0 spiro atoms. The van der Waals surface area contributed by atoms with E-state index in [0.717, 1.165) is 29.9 Å². The smallest absolute Gasteiger partial charge is 0.162 e. The molecule has 3 aliphatic carbocycles. The predicted molar refractivity (Wildman–Crippen MR) is 81.0 cm³/mol. The van der Waals surface area contributed by atoms with Crippen molar-refractivity contribution in [3.63, 3.8) is 0 Å². The van der Waals surface area contributed by atoms with Crippen LogP contribution in [0.2, 0.25) is 0 Å². The maximum Gasteiger partial charge on any atom is 0.162 e. The number of allylic oxidation sites excluding steroid dienone is 1. The molecule has 2 heteroatoms. The van der Waals surface area contributed by atoms with E-state index in [1.165, 1.54) is 37.8 Å². The number of carbonyl (C=O) groups excluding carboxylic acids is 1. The van der Waals surface area contributed by atoms with Crippen molar-refractivity contribution < 1.29 is 9.18 Å². The van der Waals surface area contributed by atoms with Gasteiger partial charge in [0.2, 0.25) is 0 Å². The Balaban J connectivity index is 1.73. The summed E-state index contributed by atoms with van der Waals surface area (Å²) in [5.41, 5.74) is 1.82. The normalized spacial score (nSPS) is 36.8. The number of halogens is 1. The minimum absolute atomic E-state index is 0.228. The molecule has 3 saturated carbocycles. The highest BCUT2D eigenvalue weighted by Gasteiger charge is 2.51. The minimum Gasteiger partial charge on any atom is -0.294 e. The molecule has 1 aromatic rings. The average molecular weight is 284 g/mol. The molecule has 1 nitrogen and oxygen atoms in total. The van der Waals surface area contributed by atoms with E-state index >= 15 is 0 Å². The van der Waals surface area contributed by atoms with Crippen LogP contribution in [0.1, 0.15) is 44.1 Å². The Morgan fingerprint density at radius 3 is 2.57 bits per heavy atom. The number of rotatable bonds is 1. The Labute approximate surface area is 125 Å². The lowest BCUT2D eigenvalue weighted by molar-refractivity contribution is -0.119. The van der Waals surface area contributed by atoms with Gasteiger partial charge in [0.25, 0.3) is 0 Å². The molecule has 4 unspecified atom stereocenters. The summed E-state index contributed by atoms with van der Waals surface area (Å²) in [7, 11) is 0. The monoisotopic (exact) mass is 284 g/mol. The molecule has 0 bridgehead atoms. The molecule has 0 N–H and O–H groups in total. The van der Waals surface area contributed by atoms with Crippen molar-refractivity contribution in [3.05, 3.63) is 41.2 Å². The summed E-state index contributed by atoms with van der Waals surface area (Å²) < 4.78 is 13.4. The Bertz CT molecular complexity index is 601. The summed E-state index contributed by atoms with van der Waals surface area (Å²) in [5.74, 6) is 2.16. The Morgan fingerprint density at radius 1 is 1.05 bits per heavy atom. The Hall–Kier alpha value is -1.44. The first-order valence-corrected chi connectivity index (χ1v) is 8.25. The van der Waals surface area contributed by atoms with Crippen LogP contribution in [0.3, 0.4) is 0 Å². The summed E-state index contributed by atoms with van der Waals surface area (Å²) in [6.07, 6.45) is 9.23. The van der Waals surface area contributed by atoms with E-state index < -0.39 is 0 Å². The van der Waals surface area contributed by atoms with E-state index in [1.54, 1.807) is 6.07 Å². The van der Waals surface area contributed by atoms with Crippen LogP contribution < -0.4 is 0 Å². The Kier molecular flexibility index (Phi) is 3.20. The van der Waals surface area contributed by atoms with Crippen LogP contribution in [0.15, 0.2) is 29.8 Å². The summed E-state index contributed by atoms with van der Waals surface area (Å²) in [6, 6.07) is 6.60. The molecule has 0 heterocycles. The number of carbonyl (C=O) groups is 1. The second kappa shape index (κ2) is 5.08. The van der Waals surface area contributed by atoms with E-state index in [-0.39, 0.29) is 11.7 Å². The van der Waals surface area contributed by atoms with Gasteiger partial charge in [-0.05, 0) is 59.9 Å². The van der Waals surface area contributed by atoms with Gasteiger partial charge >= 0.3 is 0 Å². The standard InChI is InChI=1S/C19H21FO/c20-14-7-1-4-12(10-14)11-17-15-8-2-5-13-6-3-9-16(18(13)15)19(17)21/h1,4,7,10-11,13,15-16,18H,2-3,5-6,8-9H2/b17-11-. The zero-order valence-electron chi connectivity index (χ0n) is 12.2. The van der Waals surface area contributed by atoms with Crippen LogP contribution in [-0.4, -0.2) is 5.78 Å². The average Bonchev–Trinajstić information content (AvgIpc) is 2.76. The third kappa shape index (κ3) is 2.16. The molecule has 4 atom stereocenters. The zero-order chi connectivity index (χ0) is 14.4. The number of hydrogen-bond donors (Lipinski definition) is 0. The van der Waals surface area contributed by atoms with E-state index in [2.05, 4.69) is 0 Å². The van der Waals surface area contributed by atoms with Crippen LogP contribution in [0.4, 0.5) is 4.39 Å². The summed E-state index contributed by atoms with van der Waals surface area (Å²) >= 11 is 0. The van der Waals surface area contributed by atoms with Crippen molar-refractivity contribution in [1.82, 2.24) is 0 Å². The number of ketones is 1. The fourth-order valence-electron chi connectivity index (χ4n) is 5.07. The first kappa shape index (κ1) is 13.2. The van der Waals surface area contributed by atoms with Gasteiger partial charge in [0.1, 0.15) is 5.82 Å². The molecule has 3 fully saturated rings. The molecule has 21 heavy (non-hydrogen) atoms. The zero-order valence-corrected chi connectivity index (χ0v) is 12.2. The van der Waals surface area contributed by atoms with Crippen molar-refractivity contribution in [2.24, 2.45) is 23.7 Å². The van der Waals surface area contributed by atoms with Gasteiger partial charge in [0.15, 0.2) is 5.78 Å². The second-order valence-electron chi connectivity index (χ2n) is 6.93. The summed E-state index contributed by atoms with van der Waals surface area (Å²) in [4.78, 5) is 12.8.